The minimum atomic E-state index is -1.18. The van der Waals surface area contributed by atoms with Crippen LogP contribution in [0.25, 0.3) is 0 Å². The summed E-state index contributed by atoms with van der Waals surface area (Å²) in [6, 6.07) is 11.5. The minimum absolute atomic E-state index is 1.04. The third-order valence-electron chi connectivity index (χ3n) is 1.79. The van der Waals surface area contributed by atoms with Gasteiger partial charge in [0.15, 0.2) is 8.11 Å². The van der Waals surface area contributed by atoms with Crippen molar-refractivity contribution in [2.75, 3.05) is 0 Å². The molecule has 0 heterocycles. The number of hydrogen-bond acceptors (Lipinski definition) is 0. The lowest BCUT2D eigenvalue weighted by atomic mass is 10.4. The summed E-state index contributed by atoms with van der Waals surface area (Å²) in [5, 5.41) is 1.33. The predicted molar refractivity (Wildman–Crippen MR) is 58.7 cm³/mol. The molecule has 0 aliphatic carbocycles. The van der Waals surface area contributed by atoms with E-state index < -0.39 is 8.11 Å². The number of allylic oxidation sites excluding steroid dienone is 1. The Hall–Kier alpha value is -0.533. The maximum absolute atomic E-state index is 6.28. The molecule has 1 unspecified atom stereocenters. The molecule has 1 rings (SSSR count). The largest absolute Gasteiger partial charge is 0.171 e. The molecule has 0 bridgehead atoms. The van der Waals surface area contributed by atoms with Crippen LogP contribution in [0.15, 0.2) is 43.0 Å². The molecule has 0 radical (unpaired) electrons. The Kier molecular flexibility index (Phi) is 4.12. The van der Waals surface area contributed by atoms with Crippen molar-refractivity contribution in [3.05, 3.63) is 43.0 Å². The van der Waals surface area contributed by atoms with Crippen LogP contribution >= 0.6 is 11.1 Å². The van der Waals surface area contributed by atoms with Crippen molar-refractivity contribution in [3.8, 4) is 0 Å². The molecule has 1 aromatic carbocycles. The predicted octanol–water partition coefficient (Wildman–Crippen LogP) is 2.43. The number of rotatable bonds is 4. The zero-order valence-electron chi connectivity index (χ0n) is 7.04. The molecule has 0 aliphatic heterocycles. The van der Waals surface area contributed by atoms with Crippen molar-refractivity contribution >= 4 is 24.4 Å². The SMILES string of the molecule is C=CCC[SiH](Cl)c1ccccc1. The van der Waals surface area contributed by atoms with Crippen LogP contribution in [-0.4, -0.2) is 8.11 Å². The summed E-state index contributed by atoms with van der Waals surface area (Å²) < 4.78 is 0. The van der Waals surface area contributed by atoms with Crippen molar-refractivity contribution < 1.29 is 0 Å². The van der Waals surface area contributed by atoms with Gasteiger partial charge in [-0.3, -0.25) is 0 Å². The molecule has 0 saturated carbocycles. The Labute approximate surface area is 80.2 Å². The fraction of sp³-hybridized carbons (Fsp3) is 0.200. The van der Waals surface area contributed by atoms with Gasteiger partial charge in [0.2, 0.25) is 0 Å². The van der Waals surface area contributed by atoms with Gasteiger partial charge in [0.05, 0.1) is 0 Å². The smallest absolute Gasteiger partial charge is 0.165 e. The molecule has 1 aromatic rings. The van der Waals surface area contributed by atoms with Gasteiger partial charge in [0.25, 0.3) is 0 Å². The lowest BCUT2D eigenvalue weighted by Crippen LogP contribution is -2.22. The lowest BCUT2D eigenvalue weighted by molar-refractivity contribution is 1.21. The van der Waals surface area contributed by atoms with Gasteiger partial charge in [0.1, 0.15) is 0 Å². The fourth-order valence-corrected chi connectivity index (χ4v) is 3.41. The Morgan fingerprint density at radius 3 is 2.58 bits per heavy atom. The normalized spacial score (nSPS) is 12.4. The van der Waals surface area contributed by atoms with E-state index in [1.165, 1.54) is 5.19 Å². The third-order valence-corrected chi connectivity index (χ3v) is 5.14. The summed E-state index contributed by atoms with van der Waals surface area (Å²) in [7, 11) is -1.18. The molecule has 0 N–H and O–H groups in total. The van der Waals surface area contributed by atoms with Gasteiger partial charge in [-0.05, 0) is 17.7 Å². The first-order chi connectivity index (χ1) is 5.84. The molecular weight excluding hydrogens is 184 g/mol. The second-order valence-corrected chi connectivity index (χ2v) is 6.50. The first kappa shape index (κ1) is 9.55. The second-order valence-electron chi connectivity index (χ2n) is 2.74. The lowest BCUT2D eigenvalue weighted by Gasteiger charge is -2.04. The highest BCUT2D eigenvalue weighted by atomic mass is 35.6. The summed E-state index contributed by atoms with van der Waals surface area (Å²) >= 11 is 6.28. The molecule has 64 valence electrons. The van der Waals surface area contributed by atoms with E-state index in [0.717, 1.165) is 12.5 Å². The first-order valence-electron chi connectivity index (χ1n) is 4.14. The molecule has 0 spiro atoms. The van der Waals surface area contributed by atoms with E-state index in [2.05, 4.69) is 18.7 Å². The zero-order chi connectivity index (χ0) is 8.81. The van der Waals surface area contributed by atoms with Crippen molar-refractivity contribution in [2.24, 2.45) is 0 Å². The molecule has 2 heteroatoms. The minimum Gasteiger partial charge on any atom is -0.165 e. The number of halogens is 1. The Morgan fingerprint density at radius 1 is 1.33 bits per heavy atom. The molecule has 0 saturated heterocycles. The van der Waals surface area contributed by atoms with E-state index in [4.69, 9.17) is 11.1 Å². The van der Waals surface area contributed by atoms with Crippen LogP contribution in [0, 0.1) is 0 Å². The van der Waals surface area contributed by atoms with E-state index in [1.54, 1.807) is 0 Å². The van der Waals surface area contributed by atoms with Gasteiger partial charge in [-0.1, -0.05) is 36.4 Å². The summed E-state index contributed by atoms with van der Waals surface area (Å²) in [4.78, 5) is 0. The van der Waals surface area contributed by atoms with Crippen molar-refractivity contribution in [2.45, 2.75) is 12.5 Å². The molecular formula is C10H13ClSi. The molecule has 0 aromatic heterocycles. The van der Waals surface area contributed by atoms with Gasteiger partial charge in [-0.15, -0.1) is 6.58 Å². The van der Waals surface area contributed by atoms with Gasteiger partial charge in [0, 0.05) is 0 Å². The average molecular weight is 197 g/mol. The van der Waals surface area contributed by atoms with E-state index in [0.29, 0.717) is 0 Å². The molecule has 0 fully saturated rings. The highest BCUT2D eigenvalue weighted by Crippen LogP contribution is 2.03. The van der Waals surface area contributed by atoms with Crippen molar-refractivity contribution in [3.63, 3.8) is 0 Å². The fourth-order valence-electron chi connectivity index (χ4n) is 1.09. The van der Waals surface area contributed by atoms with E-state index in [-0.39, 0.29) is 0 Å². The molecule has 12 heavy (non-hydrogen) atoms. The number of hydrogen-bond donors (Lipinski definition) is 0. The highest BCUT2D eigenvalue weighted by molar-refractivity contribution is 7.14. The highest BCUT2D eigenvalue weighted by Gasteiger charge is 2.07. The maximum atomic E-state index is 6.28. The quantitative estimate of drug-likeness (QED) is 0.394. The summed E-state index contributed by atoms with van der Waals surface area (Å²) in [5.41, 5.74) is 0. The molecule has 1 atom stereocenters. The van der Waals surface area contributed by atoms with Crippen molar-refractivity contribution in [1.82, 2.24) is 0 Å². The van der Waals surface area contributed by atoms with Crippen LogP contribution in [0.3, 0.4) is 0 Å². The van der Waals surface area contributed by atoms with Crippen molar-refractivity contribution in [1.29, 1.82) is 0 Å². The van der Waals surface area contributed by atoms with Gasteiger partial charge in [-0.25, -0.2) is 0 Å². The second kappa shape index (κ2) is 5.17. The summed E-state index contributed by atoms with van der Waals surface area (Å²) in [5.74, 6) is 0. The molecule has 0 nitrogen and oxygen atoms in total. The van der Waals surface area contributed by atoms with E-state index >= 15 is 0 Å². The zero-order valence-corrected chi connectivity index (χ0v) is 8.95. The maximum Gasteiger partial charge on any atom is 0.171 e. The van der Waals surface area contributed by atoms with Gasteiger partial charge < -0.3 is 0 Å². The van der Waals surface area contributed by atoms with Crippen LogP contribution < -0.4 is 5.19 Å². The van der Waals surface area contributed by atoms with E-state index in [9.17, 15) is 0 Å². The average Bonchev–Trinajstić information content (AvgIpc) is 2.15. The standard InChI is InChI=1S/C10H13ClSi/c1-2-3-9-12(11)10-7-5-4-6-8-10/h2,4-8,12H,1,3,9H2. The van der Waals surface area contributed by atoms with E-state index in [1.807, 2.05) is 24.3 Å². The third kappa shape index (κ3) is 2.84. The van der Waals surface area contributed by atoms with Crippen LogP contribution in [0.5, 0.6) is 0 Å². The van der Waals surface area contributed by atoms with Gasteiger partial charge >= 0.3 is 0 Å². The molecule has 0 amide bonds. The topological polar surface area (TPSA) is 0 Å². The Bertz CT molecular complexity index is 233. The van der Waals surface area contributed by atoms with Gasteiger partial charge in [-0.2, -0.15) is 11.1 Å². The van der Waals surface area contributed by atoms with Crippen LogP contribution in [0.2, 0.25) is 6.04 Å². The monoisotopic (exact) mass is 196 g/mol. The summed E-state index contributed by atoms with van der Waals surface area (Å²) in [6.45, 7) is 3.69. The summed E-state index contributed by atoms with van der Waals surface area (Å²) in [6.07, 6.45) is 2.97. The Balaban J connectivity index is 2.53. The van der Waals surface area contributed by atoms with Crippen LogP contribution in [0.1, 0.15) is 6.42 Å². The molecule has 0 aliphatic rings. The first-order valence-corrected chi connectivity index (χ1v) is 7.28. The Morgan fingerprint density at radius 2 is 2.00 bits per heavy atom. The van der Waals surface area contributed by atoms with Crippen LogP contribution in [0.4, 0.5) is 0 Å². The van der Waals surface area contributed by atoms with Crippen LogP contribution in [-0.2, 0) is 0 Å². The number of benzene rings is 1.